The summed E-state index contributed by atoms with van der Waals surface area (Å²) in [6.45, 7) is 0. The monoisotopic (exact) mass is 121 g/mol. The summed E-state index contributed by atoms with van der Waals surface area (Å²) in [7, 11) is 0. The highest BCUT2D eigenvalue weighted by molar-refractivity contribution is 3.91. The fraction of sp³-hybridized carbons (Fsp3) is 0. The zero-order chi connectivity index (χ0) is 6.41. The Hall–Kier alpha value is -1.12. The van der Waals surface area contributed by atoms with E-state index in [1.54, 1.807) is 0 Å². The minimum absolute atomic E-state index is 0.363. The maximum absolute atomic E-state index is 7.95. The molecule has 0 unspecified atom stereocenters. The number of nitrogens with one attached hydrogen (secondary N) is 1. The van der Waals surface area contributed by atoms with E-state index in [2.05, 4.69) is 20.7 Å². The summed E-state index contributed by atoms with van der Waals surface area (Å²) in [5, 5.41) is 22.5. The standard InChI is InChI=1S/H3N5O3/c1-2-3-4-5(6)8-7/h1,6-7H/b2-1?,4-3+. The van der Waals surface area contributed by atoms with E-state index in [1.807, 2.05) is 0 Å². The van der Waals surface area contributed by atoms with Crippen molar-refractivity contribution in [3.8, 4) is 0 Å². The lowest BCUT2D eigenvalue weighted by Gasteiger charge is -1.96. The van der Waals surface area contributed by atoms with Crippen molar-refractivity contribution >= 4 is 0 Å². The molecular weight excluding hydrogens is 118 g/mol. The third kappa shape index (κ3) is 3.08. The van der Waals surface area contributed by atoms with Crippen LogP contribution in [0.2, 0.25) is 0 Å². The van der Waals surface area contributed by atoms with Crippen molar-refractivity contribution in [1.82, 2.24) is 5.34 Å². The van der Waals surface area contributed by atoms with E-state index in [4.69, 9.17) is 16.0 Å². The highest BCUT2D eigenvalue weighted by Crippen LogP contribution is 1.82. The van der Waals surface area contributed by atoms with Crippen LogP contribution in [-0.4, -0.2) is 15.8 Å². The topological polar surface area (TPSA) is 114 Å². The second kappa shape index (κ2) is 4.05. The highest BCUT2D eigenvalue weighted by atomic mass is 17.3. The van der Waals surface area contributed by atoms with Gasteiger partial charge in [-0.3, -0.25) is 0 Å². The molecule has 0 saturated heterocycles. The lowest BCUT2D eigenvalue weighted by atomic mass is 12.4. The number of rotatable bonds is 3. The van der Waals surface area contributed by atoms with Crippen molar-refractivity contribution in [2.45, 2.75) is 0 Å². The molecule has 46 valence electrons. The first-order valence-corrected chi connectivity index (χ1v) is 1.39. The van der Waals surface area contributed by atoms with Crippen molar-refractivity contribution < 1.29 is 15.5 Å². The number of hydrogen-bond acceptors (Lipinski definition) is 5. The van der Waals surface area contributed by atoms with E-state index in [0.29, 0.717) is 0 Å². The van der Waals surface area contributed by atoms with Crippen molar-refractivity contribution in [1.29, 1.82) is 5.53 Å². The predicted molar refractivity (Wildman–Crippen MR) is 17.3 cm³/mol. The van der Waals surface area contributed by atoms with Crippen LogP contribution in [0, 0.1) is 5.53 Å². The summed E-state index contributed by atoms with van der Waals surface area (Å²) in [5.74, 6) is 0. The van der Waals surface area contributed by atoms with Gasteiger partial charge in [-0.1, -0.05) is 4.99 Å². The van der Waals surface area contributed by atoms with Gasteiger partial charge in [0, 0.05) is 10.6 Å². The quantitative estimate of drug-likeness (QED) is 0.284. The summed E-state index contributed by atoms with van der Waals surface area (Å²) in [5.41, 5.74) is 5.96. The smallest absolute Gasteiger partial charge is 0.0179 e. The third-order valence-electron chi connectivity index (χ3n) is 0.234. The Bertz CT molecular complexity index is 87.7. The van der Waals surface area contributed by atoms with Crippen LogP contribution >= 0.6 is 0 Å². The molecule has 0 radical (unpaired) electrons. The molecule has 0 heterocycles. The molecule has 0 amide bonds. The highest BCUT2D eigenvalue weighted by Gasteiger charge is 1.87. The molecule has 0 aliphatic carbocycles. The SMILES string of the molecule is N=N/N=N/N(O)OO. The number of hydrogen-bond donors (Lipinski definition) is 3. The summed E-state index contributed by atoms with van der Waals surface area (Å²) in [4.78, 5) is 3.04. The van der Waals surface area contributed by atoms with Gasteiger partial charge < -0.3 is 0 Å². The van der Waals surface area contributed by atoms with Gasteiger partial charge >= 0.3 is 0 Å². The van der Waals surface area contributed by atoms with Crippen LogP contribution in [0.25, 0.3) is 0 Å². The van der Waals surface area contributed by atoms with E-state index in [0.717, 1.165) is 0 Å². The van der Waals surface area contributed by atoms with Crippen LogP contribution in [-0.2, 0) is 4.99 Å². The second-order valence-corrected chi connectivity index (χ2v) is 0.613. The van der Waals surface area contributed by atoms with Gasteiger partial charge in [0.2, 0.25) is 0 Å². The fourth-order valence-corrected chi connectivity index (χ4v) is 0.0705. The summed E-state index contributed by atoms with van der Waals surface area (Å²) >= 11 is 0. The van der Waals surface area contributed by atoms with Gasteiger partial charge in [-0.05, 0) is 10.4 Å². The average Bonchev–Trinajstić information content (AvgIpc) is 1.83. The summed E-state index contributed by atoms with van der Waals surface area (Å²) in [6, 6.07) is 0. The Morgan fingerprint density at radius 1 is 1.62 bits per heavy atom. The lowest BCUT2D eigenvalue weighted by molar-refractivity contribution is -0.496. The first-order valence-electron chi connectivity index (χ1n) is 1.39. The minimum atomic E-state index is -0.363. The van der Waals surface area contributed by atoms with E-state index in [-0.39, 0.29) is 5.34 Å². The maximum Gasteiger partial charge on any atom is 0.0179 e. The van der Waals surface area contributed by atoms with Crippen molar-refractivity contribution in [2.24, 2.45) is 15.7 Å². The lowest BCUT2D eigenvalue weighted by Crippen LogP contribution is -2.07. The second-order valence-electron chi connectivity index (χ2n) is 0.613. The molecule has 0 aliphatic rings. The molecule has 8 heavy (non-hydrogen) atoms. The largest absolute Gasteiger partial charge is 0.244 e. The molecule has 0 aromatic heterocycles. The number of nitrogens with zero attached hydrogens (tertiary/aromatic N) is 4. The first kappa shape index (κ1) is 6.88. The first-order chi connectivity index (χ1) is 3.81. The molecule has 8 nitrogen and oxygen atoms in total. The van der Waals surface area contributed by atoms with E-state index in [1.165, 1.54) is 0 Å². The zero-order valence-electron chi connectivity index (χ0n) is 3.59. The molecule has 3 N–H and O–H groups in total. The van der Waals surface area contributed by atoms with Crippen LogP contribution < -0.4 is 0 Å². The van der Waals surface area contributed by atoms with Gasteiger partial charge in [0.05, 0.1) is 0 Å². The van der Waals surface area contributed by atoms with Crippen LogP contribution in [0.4, 0.5) is 0 Å². The molecule has 0 fully saturated rings. The zero-order valence-corrected chi connectivity index (χ0v) is 3.59. The third-order valence-corrected chi connectivity index (χ3v) is 0.234. The molecule has 0 aromatic rings. The van der Waals surface area contributed by atoms with E-state index >= 15 is 0 Å². The Morgan fingerprint density at radius 3 is 2.62 bits per heavy atom. The minimum Gasteiger partial charge on any atom is -0.244 e. The van der Waals surface area contributed by atoms with Gasteiger partial charge in [0.25, 0.3) is 0 Å². The predicted octanol–water partition coefficient (Wildman–Crippen LogP) is 0.395. The van der Waals surface area contributed by atoms with Gasteiger partial charge in [0.1, 0.15) is 0 Å². The van der Waals surface area contributed by atoms with Crippen molar-refractivity contribution in [3.63, 3.8) is 0 Å². The van der Waals surface area contributed by atoms with Gasteiger partial charge in [-0.25, -0.2) is 10.5 Å². The molecule has 0 bridgehead atoms. The molecule has 0 aromatic carbocycles. The van der Waals surface area contributed by atoms with Crippen molar-refractivity contribution in [3.05, 3.63) is 0 Å². The van der Waals surface area contributed by atoms with Gasteiger partial charge in [-0.2, -0.15) is 5.53 Å². The van der Waals surface area contributed by atoms with Crippen LogP contribution in [0.15, 0.2) is 15.7 Å². The Morgan fingerprint density at radius 2 is 2.25 bits per heavy atom. The molecule has 0 spiro atoms. The molecule has 0 atom stereocenters. The molecule has 8 heteroatoms. The van der Waals surface area contributed by atoms with Crippen LogP contribution in [0.5, 0.6) is 0 Å². The molecule has 0 rings (SSSR count). The Labute approximate surface area is 43.3 Å². The Kier molecular flexibility index (Phi) is 3.48. The molecule has 0 aliphatic heterocycles. The van der Waals surface area contributed by atoms with Crippen LogP contribution in [0.1, 0.15) is 0 Å². The van der Waals surface area contributed by atoms with Gasteiger partial charge in [-0.15, -0.1) is 0 Å². The Balaban J connectivity index is 3.35. The van der Waals surface area contributed by atoms with Crippen molar-refractivity contribution in [2.75, 3.05) is 0 Å². The van der Waals surface area contributed by atoms with Crippen LogP contribution in [0.3, 0.4) is 0 Å². The van der Waals surface area contributed by atoms with Gasteiger partial charge in [0.15, 0.2) is 0 Å². The maximum atomic E-state index is 7.95. The van der Waals surface area contributed by atoms with E-state index in [9.17, 15) is 0 Å². The normalized spacial score (nSPS) is 9.75. The molecule has 0 saturated carbocycles. The van der Waals surface area contributed by atoms with E-state index < -0.39 is 0 Å². The summed E-state index contributed by atoms with van der Waals surface area (Å²) in [6.07, 6.45) is 0. The summed E-state index contributed by atoms with van der Waals surface area (Å²) < 4.78 is 0. The molecular formula is H3N5O3. The average molecular weight is 121 g/mol. The fourth-order valence-electron chi connectivity index (χ4n) is 0.0705.